The zero-order valence-electron chi connectivity index (χ0n) is 16.4. The van der Waals surface area contributed by atoms with E-state index in [1.165, 1.54) is 5.69 Å². The van der Waals surface area contributed by atoms with Crippen molar-refractivity contribution < 1.29 is 9.53 Å². The molecule has 1 unspecified atom stereocenters. The Morgan fingerprint density at radius 3 is 2.56 bits per heavy atom. The number of rotatable bonds is 5. The molecule has 7 heteroatoms. The molecule has 2 saturated heterocycles. The number of para-hydroxylation sites is 1. The first-order valence-corrected chi connectivity index (χ1v) is 9.76. The van der Waals surface area contributed by atoms with Gasteiger partial charge in [-0.15, -0.1) is 0 Å². The Balaban J connectivity index is 1.40. The van der Waals surface area contributed by atoms with Crippen molar-refractivity contribution in [2.45, 2.75) is 25.4 Å². The number of hydrogen-bond acceptors (Lipinski definition) is 4. The number of ether oxygens (including phenoxy) is 1. The predicted octanol–water partition coefficient (Wildman–Crippen LogP) is 1.07. The molecule has 148 valence electrons. The van der Waals surface area contributed by atoms with Crippen molar-refractivity contribution in [1.82, 2.24) is 15.5 Å². The highest BCUT2D eigenvalue weighted by Gasteiger charge is 2.29. The number of carbonyl (C=O) groups is 1. The predicted molar refractivity (Wildman–Crippen MR) is 108 cm³/mol. The number of guanidine groups is 1. The maximum atomic E-state index is 12.5. The van der Waals surface area contributed by atoms with Crippen molar-refractivity contribution >= 4 is 17.6 Å². The van der Waals surface area contributed by atoms with E-state index in [2.05, 4.69) is 39.6 Å². The fraction of sp³-hybridized carbons (Fsp3) is 0.600. The van der Waals surface area contributed by atoms with Crippen molar-refractivity contribution in [1.29, 1.82) is 0 Å². The number of aliphatic imine (C=N–C) groups is 1. The van der Waals surface area contributed by atoms with E-state index < -0.39 is 0 Å². The van der Waals surface area contributed by atoms with E-state index in [1.807, 2.05) is 23.1 Å². The topological polar surface area (TPSA) is 69.2 Å². The van der Waals surface area contributed by atoms with Gasteiger partial charge in [0, 0.05) is 52.1 Å². The van der Waals surface area contributed by atoms with Crippen molar-refractivity contribution in [3.63, 3.8) is 0 Å². The van der Waals surface area contributed by atoms with Crippen LogP contribution in [0.4, 0.5) is 5.69 Å². The Bertz CT molecular complexity index is 635. The van der Waals surface area contributed by atoms with Crippen LogP contribution in [0.1, 0.15) is 19.8 Å². The van der Waals surface area contributed by atoms with Crippen molar-refractivity contribution in [2.24, 2.45) is 4.99 Å². The molecule has 0 aromatic heterocycles. The van der Waals surface area contributed by atoms with Gasteiger partial charge in [-0.25, -0.2) is 0 Å². The third-order valence-corrected chi connectivity index (χ3v) is 5.31. The summed E-state index contributed by atoms with van der Waals surface area (Å²) in [6.07, 6.45) is 2.14. The summed E-state index contributed by atoms with van der Waals surface area (Å²) >= 11 is 0. The van der Waals surface area contributed by atoms with Crippen LogP contribution in [0.5, 0.6) is 0 Å². The first-order valence-electron chi connectivity index (χ1n) is 9.76. The van der Waals surface area contributed by atoms with E-state index in [0.29, 0.717) is 12.5 Å². The summed E-state index contributed by atoms with van der Waals surface area (Å²) in [5.41, 5.74) is 1.07. The lowest BCUT2D eigenvalue weighted by Gasteiger charge is -2.36. The monoisotopic (exact) mass is 373 g/mol. The van der Waals surface area contributed by atoms with E-state index in [4.69, 9.17) is 4.74 Å². The minimum absolute atomic E-state index is 0.106. The molecule has 2 aliphatic rings. The third kappa shape index (κ3) is 5.35. The van der Waals surface area contributed by atoms with Gasteiger partial charge in [-0.05, 0) is 31.9 Å². The highest BCUT2D eigenvalue weighted by atomic mass is 16.5. The largest absolute Gasteiger partial charge is 0.373 e. The van der Waals surface area contributed by atoms with Crippen LogP contribution in [0.15, 0.2) is 35.3 Å². The first kappa shape index (κ1) is 19.5. The number of carbonyl (C=O) groups excluding carboxylic acids is 1. The Morgan fingerprint density at radius 1 is 1.19 bits per heavy atom. The minimum Gasteiger partial charge on any atom is -0.373 e. The van der Waals surface area contributed by atoms with E-state index in [1.54, 1.807) is 7.05 Å². The van der Waals surface area contributed by atoms with Crippen LogP contribution >= 0.6 is 0 Å². The average Bonchev–Trinajstić information content (AvgIpc) is 3.15. The minimum atomic E-state index is -0.143. The summed E-state index contributed by atoms with van der Waals surface area (Å²) in [7, 11) is 1.72. The second kappa shape index (κ2) is 9.08. The molecule has 1 atom stereocenters. The van der Waals surface area contributed by atoms with Gasteiger partial charge < -0.3 is 25.2 Å². The summed E-state index contributed by atoms with van der Waals surface area (Å²) in [4.78, 5) is 21.0. The molecule has 27 heavy (non-hydrogen) atoms. The SMILES string of the molecule is CN=C(NCC(=O)N1CCN(c2ccccc2)CC1)NCC1(C)CCCO1. The summed E-state index contributed by atoms with van der Waals surface area (Å²) < 4.78 is 5.78. The number of piperazine rings is 1. The van der Waals surface area contributed by atoms with Crippen LogP contribution < -0.4 is 15.5 Å². The van der Waals surface area contributed by atoms with E-state index >= 15 is 0 Å². The third-order valence-electron chi connectivity index (χ3n) is 5.31. The molecule has 3 rings (SSSR count). The molecule has 0 spiro atoms. The van der Waals surface area contributed by atoms with Crippen LogP contribution in [0.25, 0.3) is 0 Å². The Labute approximate surface area is 161 Å². The van der Waals surface area contributed by atoms with Crippen LogP contribution in [0.3, 0.4) is 0 Å². The maximum Gasteiger partial charge on any atom is 0.242 e. The molecule has 0 bridgehead atoms. The summed E-state index contributed by atoms with van der Waals surface area (Å²) in [5, 5.41) is 6.40. The van der Waals surface area contributed by atoms with E-state index in [-0.39, 0.29) is 18.1 Å². The van der Waals surface area contributed by atoms with Gasteiger partial charge in [0.05, 0.1) is 12.1 Å². The molecule has 1 aromatic rings. The van der Waals surface area contributed by atoms with E-state index in [9.17, 15) is 4.79 Å². The Morgan fingerprint density at radius 2 is 1.93 bits per heavy atom. The first-order chi connectivity index (χ1) is 13.1. The molecular weight excluding hydrogens is 342 g/mol. The molecule has 2 fully saturated rings. The van der Waals surface area contributed by atoms with Crippen LogP contribution in [-0.2, 0) is 9.53 Å². The lowest BCUT2D eigenvalue weighted by Crippen LogP contribution is -2.53. The highest BCUT2D eigenvalue weighted by Crippen LogP contribution is 2.23. The summed E-state index contributed by atoms with van der Waals surface area (Å²) in [6.45, 7) is 7.08. The molecule has 2 aliphatic heterocycles. The molecule has 0 radical (unpaired) electrons. The molecule has 2 N–H and O–H groups in total. The van der Waals surface area contributed by atoms with Gasteiger partial charge in [0.1, 0.15) is 0 Å². The molecular formula is C20H31N5O2. The normalized spacial score (nSPS) is 23.4. The van der Waals surface area contributed by atoms with Gasteiger partial charge in [0.25, 0.3) is 0 Å². The molecule has 1 amide bonds. The van der Waals surface area contributed by atoms with Gasteiger partial charge in [0.15, 0.2) is 5.96 Å². The fourth-order valence-electron chi connectivity index (χ4n) is 3.59. The van der Waals surface area contributed by atoms with E-state index in [0.717, 1.165) is 45.6 Å². The number of anilines is 1. The standard InChI is InChI=1S/C20H31N5O2/c1-20(9-6-14-27-20)16-23-19(21-2)22-15-18(26)25-12-10-24(11-13-25)17-7-4-3-5-8-17/h3-5,7-8H,6,9-16H2,1-2H3,(H2,21,22,23). The lowest BCUT2D eigenvalue weighted by atomic mass is 10.0. The van der Waals surface area contributed by atoms with Crippen molar-refractivity contribution in [2.75, 3.05) is 57.8 Å². The number of nitrogens with zero attached hydrogens (tertiary/aromatic N) is 3. The number of amides is 1. The quantitative estimate of drug-likeness (QED) is 0.597. The lowest BCUT2D eigenvalue weighted by molar-refractivity contribution is -0.130. The van der Waals surface area contributed by atoms with Gasteiger partial charge in [-0.1, -0.05) is 18.2 Å². The van der Waals surface area contributed by atoms with Crippen LogP contribution in [0, 0.1) is 0 Å². The van der Waals surface area contributed by atoms with Crippen LogP contribution in [0.2, 0.25) is 0 Å². The smallest absolute Gasteiger partial charge is 0.242 e. The molecule has 1 aromatic carbocycles. The maximum absolute atomic E-state index is 12.5. The van der Waals surface area contributed by atoms with Crippen molar-refractivity contribution in [3.05, 3.63) is 30.3 Å². The van der Waals surface area contributed by atoms with Crippen LogP contribution in [-0.4, -0.2) is 75.3 Å². The zero-order chi connectivity index (χ0) is 19.1. The average molecular weight is 374 g/mol. The van der Waals surface area contributed by atoms with Crippen molar-refractivity contribution in [3.8, 4) is 0 Å². The zero-order valence-corrected chi connectivity index (χ0v) is 16.4. The second-order valence-corrected chi connectivity index (χ2v) is 7.38. The Hall–Kier alpha value is -2.28. The summed E-state index contributed by atoms with van der Waals surface area (Å²) in [6, 6.07) is 10.3. The molecule has 0 aliphatic carbocycles. The van der Waals surface area contributed by atoms with Gasteiger partial charge >= 0.3 is 0 Å². The fourth-order valence-corrected chi connectivity index (χ4v) is 3.59. The number of benzene rings is 1. The second-order valence-electron chi connectivity index (χ2n) is 7.38. The Kier molecular flexibility index (Phi) is 6.55. The molecule has 0 saturated carbocycles. The molecule has 2 heterocycles. The number of hydrogen-bond donors (Lipinski definition) is 2. The van der Waals surface area contributed by atoms with Gasteiger partial charge in [0.2, 0.25) is 5.91 Å². The highest BCUT2D eigenvalue weighted by molar-refractivity contribution is 5.86. The molecule has 7 nitrogen and oxygen atoms in total. The van der Waals surface area contributed by atoms with Gasteiger partial charge in [-0.2, -0.15) is 0 Å². The summed E-state index contributed by atoms with van der Waals surface area (Å²) in [5.74, 6) is 0.747. The number of nitrogens with one attached hydrogen (secondary N) is 2. The van der Waals surface area contributed by atoms with Gasteiger partial charge in [-0.3, -0.25) is 9.79 Å².